The SMILES string of the molecule is CCOC(=O)CCC(=O)N(CCC(c1ccccc1)c1ccccc1)Cc1cccc(OCc2ccccc2)c1. The summed E-state index contributed by atoms with van der Waals surface area (Å²) in [6.07, 6.45) is 0.942. The Hall–Kier alpha value is -4.38. The summed E-state index contributed by atoms with van der Waals surface area (Å²) in [5.41, 5.74) is 4.50. The number of esters is 1. The molecule has 0 saturated heterocycles. The Bertz CT molecular complexity index is 1290. The summed E-state index contributed by atoms with van der Waals surface area (Å²) in [6.45, 7) is 3.53. The molecule has 4 rings (SSSR count). The second-order valence-electron chi connectivity index (χ2n) is 9.70. The van der Waals surface area contributed by atoms with Gasteiger partial charge in [0.15, 0.2) is 0 Å². The third-order valence-electron chi connectivity index (χ3n) is 6.81. The summed E-state index contributed by atoms with van der Waals surface area (Å²) < 4.78 is 11.1. The number of carbonyl (C=O) groups excluding carboxylic acids is 2. The van der Waals surface area contributed by atoms with Crippen molar-refractivity contribution in [2.24, 2.45) is 0 Å². The van der Waals surface area contributed by atoms with Crippen molar-refractivity contribution in [3.05, 3.63) is 138 Å². The maximum Gasteiger partial charge on any atom is 0.306 e. The Morgan fingerprint density at radius 3 is 1.95 bits per heavy atom. The van der Waals surface area contributed by atoms with Gasteiger partial charge in [0.2, 0.25) is 5.91 Å². The van der Waals surface area contributed by atoms with E-state index in [1.807, 2.05) is 71.6 Å². The Morgan fingerprint density at radius 1 is 0.725 bits per heavy atom. The van der Waals surface area contributed by atoms with E-state index >= 15 is 0 Å². The van der Waals surface area contributed by atoms with E-state index < -0.39 is 0 Å². The molecule has 0 saturated carbocycles. The third-order valence-corrected chi connectivity index (χ3v) is 6.81. The van der Waals surface area contributed by atoms with Crippen molar-refractivity contribution in [1.82, 2.24) is 4.90 Å². The molecule has 0 fully saturated rings. The predicted molar refractivity (Wildman–Crippen MR) is 158 cm³/mol. The molecule has 40 heavy (non-hydrogen) atoms. The van der Waals surface area contributed by atoms with E-state index in [1.165, 1.54) is 11.1 Å². The van der Waals surface area contributed by atoms with Gasteiger partial charge in [-0.25, -0.2) is 0 Å². The fourth-order valence-corrected chi connectivity index (χ4v) is 4.77. The van der Waals surface area contributed by atoms with Crippen molar-refractivity contribution in [2.75, 3.05) is 13.2 Å². The quantitative estimate of drug-likeness (QED) is 0.161. The van der Waals surface area contributed by atoms with Crippen LogP contribution in [0.4, 0.5) is 0 Å². The van der Waals surface area contributed by atoms with Crippen molar-refractivity contribution in [3.63, 3.8) is 0 Å². The van der Waals surface area contributed by atoms with E-state index in [-0.39, 0.29) is 30.6 Å². The second kappa shape index (κ2) is 15.3. The normalized spacial score (nSPS) is 10.8. The first kappa shape index (κ1) is 28.6. The smallest absolute Gasteiger partial charge is 0.306 e. The van der Waals surface area contributed by atoms with Gasteiger partial charge in [-0.15, -0.1) is 0 Å². The maximum absolute atomic E-state index is 13.4. The monoisotopic (exact) mass is 535 g/mol. The molecule has 0 aliphatic rings. The number of hydrogen-bond donors (Lipinski definition) is 0. The molecule has 4 aromatic carbocycles. The van der Waals surface area contributed by atoms with Gasteiger partial charge in [-0.2, -0.15) is 0 Å². The zero-order valence-electron chi connectivity index (χ0n) is 23.1. The van der Waals surface area contributed by atoms with Crippen molar-refractivity contribution < 1.29 is 19.1 Å². The minimum absolute atomic E-state index is 0.0662. The highest BCUT2D eigenvalue weighted by Gasteiger charge is 2.20. The maximum atomic E-state index is 13.4. The van der Waals surface area contributed by atoms with Crippen LogP contribution >= 0.6 is 0 Å². The molecule has 0 radical (unpaired) electrons. The molecule has 4 aromatic rings. The number of rotatable bonds is 14. The second-order valence-corrected chi connectivity index (χ2v) is 9.70. The van der Waals surface area contributed by atoms with Crippen LogP contribution in [-0.4, -0.2) is 29.9 Å². The van der Waals surface area contributed by atoms with Crippen molar-refractivity contribution in [2.45, 2.75) is 45.3 Å². The van der Waals surface area contributed by atoms with E-state index in [9.17, 15) is 9.59 Å². The summed E-state index contributed by atoms with van der Waals surface area (Å²) in [5, 5.41) is 0. The van der Waals surface area contributed by atoms with E-state index in [0.717, 1.165) is 23.3 Å². The van der Waals surface area contributed by atoms with Crippen LogP contribution in [0.5, 0.6) is 5.75 Å². The largest absolute Gasteiger partial charge is 0.489 e. The fourth-order valence-electron chi connectivity index (χ4n) is 4.77. The summed E-state index contributed by atoms with van der Waals surface area (Å²) in [6, 6.07) is 38.7. The van der Waals surface area contributed by atoms with E-state index in [1.54, 1.807) is 6.92 Å². The van der Waals surface area contributed by atoms with Crippen LogP contribution in [0, 0.1) is 0 Å². The van der Waals surface area contributed by atoms with Gasteiger partial charge in [-0.05, 0) is 47.7 Å². The summed E-state index contributed by atoms with van der Waals surface area (Å²) in [4.78, 5) is 27.3. The Labute approximate surface area is 237 Å². The number of amides is 1. The molecule has 0 aliphatic heterocycles. The molecular weight excluding hydrogens is 498 g/mol. The number of nitrogens with zero attached hydrogens (tertiary/aromatic N) is 1. The van der Waals surface area contributed by atoms with Gasteiger partial charge >= 0.3 is 5.97 Å². The number of benzene rings is 4. The zero-order chi connectivity index (χ0) is 28.0. The van der Waals surface area contributed by atoms with E-state index in [2.05, 4.69) is 48.5 Å². The Kier molecular flexibility index (Phi) is 10.9. The van der Waals surface area contributed by atoms with Gasteiger partial charge in [0.05, 0.1) is 13.0 Å². The molecule has 0 heterocycles. The number of ether oxygens (including phenoxy) is 2. The van der Waals surface area contributed by atoms with Gasteiger partial charge in [0, 0.05) is 25.4 Å². The van der Waals surface area contributed by atoms with Gasteiger partial charge < -0.3 is 14.4 Å². The molecule has 0 atom stereocenters. The van der Waals surface area contributed by atoms with E-state index in [0.29, 0.717) is 26.3 Å². The van der Waals surface area contributed by atoms with Crippen LogP contribution in [0.15, 0.2) is 115 Å². The lowest BCUT2D eigenvalue weighted by atomic mass is 9.88. The lowest BCUT2D eigenvalue weighted by molar-refractivity contribution is -0.145. The first-order valence-corrected chi connectivity index (χ1v) is 13.9. The van der Waals surface area contributed by atoms with Gasteiger partial charge in [-0.3, -0.25) is 9.59 Å². The fraction of sp³-hybridized carbons (Fsp3) is 0.257. The van der Waals surface area contributed by atoms with Crippen LogP contribution in [-0.2, 0) is 27.5 Å². The molecule has 5 heteroatoms. The van der Waals surface area contributed by atoms with Gasteiger partial charge in [0.1, 0.15) is 12.4 Å². The highest BCUT2D eigenvalue weighted by molar-refractivity contribution is 5.81. The third kappa shape index (κ3) is 8.84. The number of hydrogen-bond acceptors (Lipinski definition) is 4. The molecule has 0 aliphatic carbocycles. The van der Waals surface area contributed by atoms with Crippen molar-refractivity contribution in [1.29, 1.82) is 0 Å². The minimum Gasteiger partial charge on any atom is -0.489 e. The molecule has 0 unspecified atom stereocenters. The highest BCUT2D eigenvalue weighted by Crippen LogP contribution is 2.29. The molecule has 0 bridgehead atoms. The van der Waals surface area contributed by atoms with Crippen LogP contribution in [0.1, 0.15) is 54.4 Å². The summed E-state index contributed by atoms with van der Waals surface area (Å²) >= 11 is 0. The molecule has 0 aromatic heterocycles. The molecule has 0 spiro atoms. The lowest BCUT2D eigenvalue weighted by Gasteiger charge is -2.26. The van der Waals surface area contributed by atoms with Crippen molar-refractivity contribution in [3.8, 4) is 5.75 Å². The van der Waals surface area contributed by atoms with Crippen LogP contribution in [0.3, 0.4) is 0 Å². The summed E-state index contributed by atoms with van der Waals surface area (Å²) in [5.74, 6) is 0.483. The highest BCUT2D eigenvalue weighted by atomic mass is 16.5. The molecule has 206 valence electrons. The predicted octanol–water partition coefficient (Wildman–Crippen LogP) is 7.16. The zero-order valence-corrected chi connectivity index (χ0v) is 23.1. The lowest BCUT2D eigenvalue weighted by Crippen LogP contribution is -2.32. The molecular formula is C35H37NO4. The minimum atomic E-state index is -0.349. The Balaban J connectivity index is 1.50. The summed E-state index contributed by atoms with van der Waals surface area (Å²) in [7, 11) is 0. The van der Waals surface area contributed by atoms with E-state index in [4.69, 9.17) is 9.47 Å². The van der Waals surface area contributed by atoms with Crippen molar-refractivity contribution >= 4 is 11.9 Å². The number of carbonyl (C=O) groups is 2. The van der Waals surface area contributed by atoms with Gasteiger partial charge in [0.25, 0.3) is 0 Å². The average molecular weight is 536 g/mol. The molecule has 0 N–H and O–H groups in total. The first-order valence-electron chi connectivity index (χ1n) is 13.9. The van der Waals surface area contributed by atoms with Crippen LogP contribution < -0.4 is 4.74 Å². The topological polar surface area (TPSA) is 55.8 Å². The van der Waals surface area contributed by atoms with Crippen LogP contribution in [0.25, 0.3) is 0 Å². The Morgan fingerprint density at radius 2 is 1.32 bits per heavy atom. The molecule has 1 amide bonds. The molecule has 5 nitrogen and oxygen atoms in total. The first-order chi connectivity index (χ1) is 19.6. The standard InChI is InChI=1S/C35H37NO4/c1-2-39-35(38)22-21-34(37)36(24-23-33(30-16-8-4-9-17-30)31-18-10-5-11-19-31)26-29-15-12-20-32(25-29)40-27-28-13-6-3-7-14-28/h3-20,25,33H,2,21-24,26-27H2,1H3. The average Bonchev–Trinajstić information content (AvgIpc) is 3.00. The van der Waals surface area contributed by atoms with Gasteiger partial charge in [-0.1, -0.05) is 103 Å². The van der Waals surface area contributed by atoms with Crippen LogP contribution in [0.2, 0.25) is 0 Å².